The zero-order valence-corrected chi connectivity index (χ0v) is 51.6. The topological polar surface area (TPSA) is 95.2 Å². The van der Waals surface area contributed by atoms with Crippen LogP contribution in [0.25, 0.3) is 11.1 Å². The van der Waals surface area contributed by atoms with Crippen LogP contribution < -0.4 is 0 Å². The molecule has 9 rings (SSSR count). The molecular formula is C78H104N4. The van der Waals surface area contributed by atoms with Crippen LogP contribution in [0.3, 0.4) is 0 Å². The lowest BCUT2D eigenvalue weighted by Crippen LogP contribution is -2.13. The van der Waals surface area contributed by atoms with Crippen molar-refractivity contribution in [2.24, 2.45) is 23.7 Å². The molecular weight excluding hydrogens is 993 g/mol. The van der Waals surface area contributed by atoms with Crippen LogP contribution in [0.15, 0.2) is 121 Å². The van der Waals surface area contributed by atoms with Gasteiger partial charge in [-0.3, -0.25) is 0 Å². The molecule has 0 amide bonds. The second kappa shape index (κ2) is 38.0. The minimum Gasteiger partial charge on any atom is -0.192 e. The molecule has 0 unspecified atom stereocenters. The fraction of sp³-hybridized carbons (Fsp3) is 0.564. The molecule has 4 aliphatic carbocycles. The number of unbranched alkanes of at least 4 members (excludes halogenated alkanes) is 8. The summed E-state index contributed by atoms with van der Waals surface area (Å²) in [6, 6.07) is 50.4. The van der Waals surface area contributed by atoms with Crippen molar-refractivity contribution in [1.29, 1.82) is 21.0 Å². The first kappa shape index (κ1) is 65.2. The van der Waals surface area contributed by atoms with Gasteiger partial charge in [-0.05, 0) is 232 Å². The lowest BCUT2D eigenvalue weighted by atomic mass is 9.77. The predicted octanol–water partition coefficient (Wildman–Crippen LogP) is 23.3. The number of benzene rings is 5. The van der Waals surface area contributed by atoms with Gasteiger partial charge < -0.3 is 0 Å². The van der Waals surface area contributed by atoms with Crippen LogP contribution in [0.2, 0.25) is 0 Å². The molecule has 4 fully saturated rings. The number of hydrogen-bond donors (Lipinski definition) is 0. The van der Waals surface area contributed by atoms with Gasteiger partial charge in [-0.1, -0.05) is 203 Å². The highest BCUT2D eigenvalue weighted by molar-refractivity contribution is 5.64. The van der Waals surface area contributed by atoms with E-state index >= 15 is 0 Å². The van der Waals surface area contributed by atoms with Crippen molar-refractivity contribution in [3.8, 4) is 35.4 Å². The van der Waals surface area contributed by atoms with Crippen molar-refractivity contribution < 1.29 is 0 Å². The van der Waals surface area contributed by atoms with Crippen molar-refractivity contribution in [2.75, 3.05) is 0 Å². The third-order valence-corrected chi connectivity index (χ3v) is 19.5. The fourth-order valence-electron chi connectivity index (χ4n) is 14.1. The summed E-state index contributed by atoms with van der Waals surface area (Å²) >= 11 is 0. The Labute approximate surface area is 500 Å². The van der Waals surface area contributed by atoms with Crippen molar-refractivity contribution in [2.45, 2.75) is 257 Å². The Morgan fingerprint density at radius 1 is 0.256 bits per heavy atom. The van der Waals surface area contributed by atoms with Gasteiger partial charge in [0.15, 0.2) is 0 Å². The van der Waals surface area contributed by atoms with Crippen LogP contribution >= 0.6 is 0 Å². The zero-order chi connectivity index (χ0) is 58.0. The maximum absolute atomic E-state index is 8.91. The largest absolute Gasteiger partial charge is 0.192 e. The van der Waals surface area contributed by atoms with Crippen LogP contribution in [-0.2, 0) is 0 Å². The summed E-state index contributed by atoms with van der Waals surface area (Å²) < 4.78 is 0. The van der Waals surface area contributed by atoms with Crippen LogP contribution in [0.5, 0.6) is 0 Å². The van der Waals surface area contributed by atoms with Gasteiger partial charge >= 0.3 is 0 Å². The van der Waals surface area contributed by atoms with Crippen molar-refractivity contribution in [3.63, 3.8) is 0 Å². The van der Waals surface area contributed by atoms with E-state index in [1.807, 2.05) is 60.7 Å². The lowest BCUT2D eigenvalue weighted by molar-refractivity contribution is 0.302. The smallest absolute Gasteiger partial charge is 0.0991 e. The van der Waals surface area contributed by atoms with Crippen LogP contribution in [0.1, 0.15) is 301 Å². The van der Waals surface area contributed by atoms with Gasteiger partial charge in [0.05, 0.1) is 46.5 Å². The Morgan fingerprint density at radius 3 is 0.744 bits per heavy atom. The predicted molar refractivity (Wildman–Crippen MR) is 345 cm³/mol. The number of nitriles is 4. The Kier molecular flexibility index (Phi) is 30.2. The first-order valence-electron chi connectivity index (χ1n) is 33.4. The van der Waals surface area contributed by atoms with E-state index in [4.69, 9.17) is 21.0 Å². The Balaban J connectivity index is 0.000000178. The Hall–Kier alpha value is -5.94. The summed E-state index contributed by atoms with van der Waals surface area (Å²) in [6.07, 6.45) is 44.3. The molecule has 4 saturated carbocycles. The fourth-order valence-corrected chi connectivity index (χ4v) is 14.1. The van der Waals surface area contributed by atoms with Crippen molar-refractivity contribution >= 4 is 0 Å². The van der Waals surface area contributed by atoms with Gasteiger partial charge in [0.25, 0.3) is 0 Å². The van der Waals surface area contributed by atoms with E-state index in [9.17, 15) is 0 Å². The minimum absolute atomic E-state index is 0.719. The third kappa shape index (κ3) is 22.7. The van der Waals surface area contributed by atoms with Crippen molar-refractivity contribution in [1.82, 2.24) is 0 Å². The summed E-state index contributed by atoms with van der Waals surface area (Å²) in [7, 11) is 0. The van der Waals surface area contributed by atoms with Crippen LogP contribution in [0, 0.1) is 69.0 Å². The maximum Gasteiger partial charge on any atom is 0.0991 e. The molecule has 4 heteroatoms. The highest BCUT2D eigenvalue weighted by Gasteiger charge is 2.25. The van der Waals surface area contributed by atoms with E-state index in [-0.39, 0.29) is 0 Å². The van der Waals surface area contributed by atoms with E-state index in [1.54, 1.807) is 0 Å². The molecule has 436 valence electrons. The highest BCUT2D eigenvalue weighted by Crippen LogP contribution is 2.41. The minimum atomic E-state index is 0.719. The monoisotopic (exact) mass is 1100 g/mol. The van der Waals surface area contributed by atoms with Gasteiger partial charge in [0.1, 0.15) is 0 Å². The van der Waals surface area contributed by atoms with Crippen LogP contribution in [0.4, 0.5) is 0 Å². The molecule has 4 nitrogen and oxygen atoms in total. The summed E-state index contributed by atoms with van der Waals surface area (Å²) in [5.74, 6) is 6.83. The molecule has 0 aromatic heterocycles. The Bertz CT molecular complexity index is 2640. The Morgan fingerprint density at radius 2 is 0.476 bits per heavy atom. The van der Waals surface area contributed by atoms with Gasteiger partial charge in [-0.15, -0.1) is 0 Å². The molecule has 5 aromatic carbocycles. The van der Waals surface area contributed by atoms with Gasteiger partial charge in [0, 0.05) is 0 Å². The van der Waals surface area contributed by atoms with Crippen molar-refractivity contribution in [3.05, 3.63) is 166 Å². The third-order valence-electron chi connectivity index (χ3n) is 19.5. The maximum atomic E-state index is 8.91. The standard InChI is InChI=1S/C24H29N.C20H29N.C18H25N.C16H21N/c1-2-3-4-5-19-6-10-21(11-7-19)23-14-16-24(17-15-23)22-12-8-20(18-25)9-13-22;1-2-3-4-5-6-7-17-8-12-19(13-9-17)20-14-10-18(16-21)11-15-20;1-2-3-4-5-15-6-10-17(11-7-15)18-12-8-16(14-19)9-13-18;1-2-3-13-4-8-15(9-5-13)16-10-6-14(12-17)7-11-16/h8-9,12-17,19,21H,2-7,10-11H2,1H3;10-11,14-15,17,19H,2-9,12-13H2,1H3;8-9,12-13,15,17H,2-7,10-11H2,1H3;6-7,10-11,13,15H,2-5,8-9H2,1H3. The average molecular weight is 1100 g/mol. The number of rotatable bonds is 21. The zero-order valence-electron chi connectivity index (χ0n) is 51.6. The van der Waals surface area contributed by atoms with E-state index in [2.05, 4.69) is 113 Å². The van der Waals surface area contributed by atoms with E-state index in [0.29, 0.717) is 0 Å². The van der Waals surface area contributed by atoms with E-state index < -0.39 is 0 Å². The molecule has 0 bridgehead atoms. The summed E-state index contributed by atoms with van der Waals surface area (Å²) in [6.45, 7) is 9.14. The molecule has 5 aromatic rings. The molecule has 0 radical (unpaired) electrons. The van der Waals surface area contributed by atoms with Gasteiger partial charge in [-0.2, -0.15) is 21.0 Å². The molecule has 0 aliphatic heterocycles. The van der Waals surface area contributed by atoms with E-state index in [1.165, 1.54) is 239 Å². The summed E-state index contributed by atoms with van der Waals surface area (Å²) in [4.78, 5) is 0. The van der Waals surface area contributed by atoms with Crippen LogP contribution in [-0.4, -0.2) is 0 Å². The SMILES string of the molecule is CCCC1CCC(c2ccc(C#N)cc2)CC1.CCCCCC1CCC(c2ccc(-c3ccc(C#N)cc3)cc2)CC1.CCCCCC1CCC(c2ccc(C#N)cc2)CC1.CCCCCCCC1CCC(c2ccc(C#N)cc2)CC1. The normalized spacial score (nSPS) is 22.1. The molecule has 4 aliphatic rings. The van der Waals surface area contributed by atoms with Gasteiger partial charge in [-0.25, -0.2) is 0 Å². The first-order valence-corrected chi connectivity index (χ1v) is 33.4. The second-order valence-corrected chi connectivity index (χ2v) is 25.4. The molecule has 0 N–H and O–H groups in total. The first-order chi connectivity index (χ1) is 40.3. The number of hydrogen-bond acceptors (Lipinski definition) is 4. The summed E-state index contributed by atoms with van der Waals surface area (Å²) in [5, 5.41) is 35.4. The van der Waals surface area contributed by atoms with E-state index in [0.717, 1.165) is 69.6 Å². The quantitative estimate of drug-likeness (QED) is 0.0684. The molecule has 0 saturated heterocycles. The molecule has 82 heavy (non-hydrogen) atoms. The second-order valence-electron chi connectivity index (χ2n) is 25.4. The molecule has 0 atom stereocenters. The van der Waals surface area contributed by atoms with Gasteiger partial charge in [0.2, 0.25) is 0 Å². The molecule has 0 heterocycles. The summed E-state index contributed by atoms with van der Waals surface area (Å²) in [5.41, 5.74) is 11.3. The average Bonchev–Trinajstić information content (AvgIpc) is 3.58. The molecule has 0 spiro atoms. The number of nitrogens with zero attached hydrogens (tertiary/aromatic N) is 4. The highest BCUT2D eigenvalue weighted by atomic mass is 14.3. The lowest BCUT2D eigenvalue weighted by Gasteiger charge is -2.29.